The number of hydrogen-bond acceptors (Lipinski definition) is 4. The van der Waals surface area contributed by atoms with Crippen molar-refractivity contribution in [1.29, 1.82) is 0 Å². The van der Waals surface area contributed by atoms with Gasteiger partial charge in [0.1, 0.15) is 17.3 Å². The van der Waals surface area contributed by atoms with Crippen LogP contribution >= 0.6 is 0 Å². The second kappa shape index (κ2) is 5.39. The molecule has 3 rings (SSSR count). The van der Waals surface area contributed by atoms with Crippen molar-refractivity contribution < 1.29 is 4.42 Å². The summed E-state index contributed by atoms with van der Waals surface area (Å²) in [6.07, 6.45) is 0.808. The van der Waals surface area contributed by atoms with Gasteiger partial charge in [-0.05, 0) is 19.1 Å². The first kappa shape index (κ1) is 15.0. The molecular weight excluding hydrogens is 278 g/mol. The average Bonchev–Trinajstić information content (AvgIpc) is 2.83. The quantitative estimate of drug-likeness (QED) is 0.926. The predicted molar refractivity (Wildman–Crippen MR) is 84.8 cm³/mol. The minimum absolute atomic E-state index is 0.00440. The molecule has 1 aliphatic rings. The van der Waals surface area contributed by atoms with Crippen molar-refractivity contribution in [2.24, 2.45) is 0 Å². The molecule has 0 aliphatic carbocycles. The molecule has 0 spiro atoms. The lowest BCUT2D eigenvalue weighted by Crippen LogP contribution is -2.37. The van der Waals surface area contributed by atoms with Gasteiger partial charge in [0.25, 0.3) is 5.56 Å². The van der Waals surface area contributed by atoms with Gasteiger partial charge < -0.3 is 9.40 Å². The predicted octanol–water partition coefficient (Wildman–Crippen LogP) is 2.53. The number of nitrogens with zero attached hydrogens (tertiary/aromatic N) is 2. The molecule has 0 amide bonds. The molecule has 5 nitrogen and oxygen atoms in total. The van der Waals surface area contributed by atoms with Crippen molar-refractivity contribution >= 4 is 0 Å². The van der Waals surface area contributed by atoms with Crippen LogP contribution in [0.1, 0.15) is 49.4 Å². The fourth-order valence-corrected chi connectivity index (χ4v) is 2.76. The molecule has 0 radical (unpaired) electrons. The minimum Gasteiger partial charge on any atom is -0.465 e. The number of H-pyrrole nitrogens is 1. The van der Waals surface area contributed by atoms with E-state index in [2.05, 4.69) is 35.6 Å². The summed E-state index contributed by atoms with van der Waals surface area (Å²) in [5, 5.41) is 0. The molecule has 0 atom stereocenters. The van der Waals surface area contributed by atoms with E-state index in [1.807, 2.05) is 19.1 Å². The van der Waals surface area contributed by atoms with Crippen molar-refractivity contribution in [1.82, 2.24) is 14.9 Å². The van der Waals surface area contributed by atoms with Crippen LogP contribution in [0.3, 0.4) is 0 Å². The second-order valence-electron chi connectivity index (χ2n) is 7.06. The fraction of sp³-hybridized carbons (Fsp3) is 0.529. The molecule has 0 aromatic carbocycles. The van der Waals surface area contributed by atoms with Crippen LogP contribution in [0, 0.1) is 6.92 Å². The number of nitrogens with one attached hydrogen (secondary N) is 1. The number of rotatable bonds is 2. The number of furan rings is 1. The van der Waals surface area contributed by atoms with Crippen LogP contribution in [0.5, 0.6) is 0 Å². The topological polar surface area (TPSA) is 62.1 Å². The van der Waals surface area contributed by atoms with Gasteiger partial charge >= 0.3 is 0 Å². The molecule has 22 heavy (non-hydrogen) atoms. The summed E-state index contributed by atoms with van der Waals surface area (Å²) in [5.74, 6) is 2.63. The van der Waals surface area contributed by atoms with Crippen molar-refractivity contribution in [2.45, 2.75) is 52.6 Å². The monoisotopic (exact) mass is 301 g/mol. The molecule has 2 aromatic rings. The van der Waals surface area contributed by atoms with Crippen LogP contribution in [-0.2, 0) is 24.9 Å². The third-order valence-corrected chi connectivity index (χ3v) is 4.03. The van der Waals surface area contributed by atoms with Crippen LogP contribution < -0.4 is 5.56 Å². The highest BCUT2D eigenvalue weighted by molar-refractivity contribution is 5.22. The molecule has 0 fully saturated rings. The van der Waals surface area contributed by atoms with Crippen LogP contribution in [0.4, 0.5) is 0 Å². The van der Waals surface area contributed by atoms with Crippen LogP contribution in [0.15, 0.2) is 21.3 Å². The smallest absolute Gasteiger partial charge is 0.255 e. The second-order valence-corrected chi connectivity index (χ2v) is 7.06. The van der Waals surface area contributed by atoms with Gasteiger partial charge in [-0.2, -0.15) is 0 Å². The highest BCUT2D eigenvalue weighted by Gasteiger charge is 2.25. The molecular formula is C17H23N3O2. The number of aromatic nitrogens is 2. The van der Waals surface area contributed by atoms with Crippen LogP contribution in [0.2, 0.25) is 0 Å². The molecule has 1 aliphatic heterocycles. The lowest BCUT2D eigenvalue weighted by molar-refractivity contribution is 0.220. The third-order valence-electron chi connectivity index (χ3n) is 4.03. The highest BCUT2D eigenvalue weighted by atomic mass is 16.3. The van der Waals surface area contributed by atoms with Gasteiger partial charge in [-0.3, -0.25) is 9.69 Å². The molecule has 0 bridgehead atoms. The fourth-order valence-electron chi connectivity index (χ4n) is 2.76. The van der Waals surface area contributed by atoms with E-state index < -0.39 is 0 Å². The van der Waals surface area contributed by atoms with E-state index in [9.17, 15) is 4.79 Å². The first-order valence-electron chi connectivity index (χ1n) is 7.73. The number of hydrogen-bond donors (Lipinski definition) is 1. The van der Waals surface area contributed by atoms with Crippen molar-refractivity contribution in [2.75, 3.05) is 6.54 Å². The zero-order valence-electron chi connectivity index (χ0n) is 13.7. The number of fused-ring (bicyclic) bond motifs is 1. The van der Waals surface area contributed by atoms with Gasteiger partial charge in [-0.15, -0.1) is 0 Å². The molecule has 3 heterocycles. The Morgan fingerprint density at radius 2 is 2.14 bits per heavy atom. The zero-order valence-corrected chi connectivity index (χ0v) is 13.7. The van der Waals surface area contributed by atoms with E-state index in [4.69, 9.17) is 4.42 Å². The van der Waals surface area contributed by atoms with Gasteiger partial charge in [-0.1, -0.05) is 20.8 Å². The lowest BCUT2D eigenvalue weighted by atomic mass is 9.95. The highest BCUT2D eigenvalue weighted by Crippen LogP contribution is 2.21. The van der Waals surface area contributed by atoms with Gasteiger partial charge in [0.2, 0.25) is 0 Å². The summed E-state index contributed by atoms with van der Waals surface area (Å²) < 4.78 is 5.63. The van der Waals surface area contributed by atoms with Crippen molar-refractivity contribution in [3.63, 3.8) is 0 Å². The minimum atomic E-state index is -0.142. The largest absolute Gasteiger partial charge is 0.465 e. The molecule has 118 valence electrons. The van der Waals surface area contributed by atoms with Crippen molar-refractivity contribution in [3.8, 4) is 0 Å². The normalized spacial score (nSPS) is 15.8. The third kappa shape index (κ3) is 2.99. The van der Waals surface area contributed by atoms with E-state index in [-0.39, 0.29) is 11.0 Å². The molecule has 0 unspecified atom stereocenters. The Kier molecular flexibility index (Phi) is 3.68. The Bertz CT molecular complexity index is 737. The van der Waals surface area contributed by atoms with E-state index >= 15 is 0 Å². The maximum absolute atomic E-state index is 12.4. The molecule has 2 aromatic heterocycles. The molecule has 0 saturated heterocycles. The maximum atomic E-state index is 12.4. The maximum Gasteiger partial charge on any atom is 0.255 e. The summed E-state index contributed by atoms with van der Waals surface area (Å²) in [6.45, 7) is 10.4. The van der Waals surface area contributed by atoms with Gasteiger partial charge in [0.15, 0.2) is 0 Å². The van der Waals surface area contributed by atoms with E-state index in [0.29, 0.717) is 6.54 Å². The Hall–Kier alpha value is -1.88. The van der Waals surface area contributed by atoms with E-state index in [1.54, 1.807) is 0 Å². The summed E-state index contributed by atoms with van der Waals surface area (Å²) in [6, 6.07) is 3.97. The average molecular weight is 301 g/mol. The number of aromatic amines is 1. The summed E-state index contributed by atoms with van der Waals surface area (Å²) in [7, 11) is 0. The molecule has 5 heteroatoms. The summed E-state index contributed by atoms with van der Waals surface area (Å²) in [5.41, 5.74) is 1.59. The Morgan fingerprint density at radius 3 is 2.77 bits per heavy atom. The van der Waals surface area contributed by atoms with E-state index in [1.165, 1.54) is 0 Å². The first-order valence-corrected chi connectivity index (χ1v) is 7.73. The standard InChI is InChI=1S/C17H23N3O2/c1-11-5-6-12(22-11)9-20-8-7-14-13(10-20)15(21)19-16(18-14)17(2,3)4/h5-6H,7-10H2,1-4H3,(H,18,19,21). The van der Waals surface area contributed by atoms with Crippen molar-refractivity contribution in [3.05, 3.63) is 51.1 Å². The van der Waals surface area contributed by atoms with Gasteiger partial charge in [0.05, 0.1) is 17.8 Å². The lowest BCUT2D eigenvalue weighted by Gasteiger charge is -2.28. The van der Waals surface area contributed by atoms with E-state index in [0.717, 1.165) is 48.1 Å². The van der Waals surface area contributed by atoms with Crippen LogP contribution in [-0.4, -0.2) is 21.4 Å². The molecule has 1 N–H and O–H groups in total. The Balaban J connectivity index is 1.83. The summed E-state index contributed by atoms with van der Waals surface area (Å²) >= 11 is 0. The SMILES string of the molecule is Cc1ccc(CN2CCc3nc(C(C)(C)C)[nH]c(=O)c3C2)o1. The van der Waals surface area contributed by atoms with Gasteiger partial charge in [-0.25, -0.2) is 4.98 Å². The van der Waals surface area contributed by atoms with Gasteiger partial charge in [0, 0.05) is 24.9 Å². The zero-order chi connectivity index (χ0) is 15.9. The first-order chi connectivity index (χ1) is 10.3. The molecule has 0 saturated carbocycles. The Morgan fingerprint density at radius 1 is 1.36 bits per heavy atom. The summed E-state index contributed by atoms with van der Waals surface area (Å²) in [4.78, 5) is 22.3. The number of aryl methyl sites for hydroxylation is 1. The Labute approximate surface area is 130 Å². The van der Waals surface area contributed by atoms with Crippen LogP contribution in [0.25, 0.3) is 0 Å².